The van der Waals surface area contributed by atoms with Crippen LogP contribution in [-0.4, -0.2) is 37.8 Å². The number of thioether (sulfide) groups is 1. The molecule has 2 N–H and O–H groups in total. The van der Waals surface area contributed by atoms with Crippen molar-refractivity contribution < 1.29 is 8.42 Å². The van der Waals surface area contributed by atoms with Gasteiger partial charge in [0.1, 0.15) is 0 Å². The quantitative estimate of drug-likeness (QED) is 0.811. The molecule has 7 heteroatoms. The van der Waals surface area contributed by atoms with Gasteiger partial charge in [0.15, 0.2) is 0 Å². The van der Waals surface area contributed by atoms with Crippen molar-refractivity contribution in [2.75, 3.05) is 24.8 Å². The number of anilines is 1. The van der Waals surface area contributed by atoms with Gasteiger partial charge in [0, 0.05) is 13.1 Å². The fourth-order valence-corrected chi connectivity index (χ4v) is 3.98. The van der Waals surface area contributed by atoms with Crippen molar-refractivity contribution in [3.8, 4) is 0 Å². The van der Waals surface area contributed by atoms with E-state index in [1.165, 1.54) is 10.4 Å². The van der Waals surface area contributed by atoms with Crippen molar-refractivity contribution in [2.45, 2.75) is 31.2 Å². The van der Waals surface area contributed by atoms with E-state index in [0.717, 1.165) is 12.2 Å². The Kier molecular flexibility index (Phi) is 6.19. The number of nitrogens with zero attached hydrogens (tertiary/aromatic N) is 1. The normalized spacial score (nSPS) is 13.7. The van der Waals surface area contributed by atoms with Crippen LogP contribution in [-0.2, 0) is 10.0 Å². The first-order chi connectivity index (χ1) is 9.21. The van der Waals surface area contributed by atoms with E-state index in [2.05, 4.69) is 0 Å². The Labute approximate surface area is 130 Å². The van der Waals surface area contributed by atoms with Crippen molar-refractivity contribution in [1.29, 1.82) is 0 Å². The fourth-order valence-electron chi connectivity index (χ4n) is 1.79. The molecule has 0 spiro atoms. The highest BCUT2D eigenvalue weighted by molar-refractivity contribution is 7.98. The molecular formula is C13H21ClN2O2S2. The Balaban J connectivity index is 3.10. The molecule has 0 aromatic heterocycles. The van der Waals surface area contributed by atoms with Gasteiger partial charge < -0.3 is 5.73 Å². The standard InChI is InChI=1S/C13H21ClN2O2S2/c1-9-7-11(8-12(15)13(9)14)20(17,18)16(3)10(2)5-6-19-4/h7-8,10H,5-6,15H2,1-4H3. The Morgan fingerprint density at radius 1 is 1.45 bits per heavy atom. The van der Waals surface area contributed by atoms with E-state index in [-0.39, 0.29) is 16.6 Å². The summed E-state index contributed by atoms with van der Waals surface area (Å²) >= 11 is 7.68. The van der Waals surface area contributed by atoms with Gasteiger partial charge in [-0.3, -0.25) is 0 Å². The number of benzene rings is 1. The summed E-state index contributed by atoms with van der Waals surface area (Å²) in [6.45, 7) is 3.65. The van der Waals surface area contributed by atoms with Gasteiger partial charge in [-0.05, 0) is 50.0 Å². The van der Waals surface area contributed by atoms with Crippen LogP contribution in [0.2, 0.25) is 5.02 Å². The topological polar surface area (TPSA) is 63.4 Å². The molecule has 0 aliphatic rings. The highest BCUT2D eigenvalue weighted by Crippen LogP contribution is 2.28. The lowest BCUT2D eigenvalue weighted by atomic mass is 10.2. The molecule has 0 radical (unpaired) electrons. The summed E-state index contributed by atoms with van der Waals surface area (Å²) in [7, 11) is -1.95. The maximum absolute atomic E-state index is 12.6. The second kappa shape index (κ2) is 7.02. The molecular weight excluding hydrogens is 316 g/mol. The predicted octanol–water partition coefficient (Wildman–Crippen LogP) is 2.99. The summed E-state index contributed by atoms with van der Waals surface area (Å²) in [5.74, 6) is 0.919. The van der Waals surface area contributed by atoms with E-state index in [1.807, 2.05) is 13.2 Å². The number of nitrogen functional groups attached to an aromatic ring is 1. The van der Waals surface area contributed by atoms with Crippen molar-refractivity contribution >= 4 is 39.1 Å². The molecule has 114 valence electrons. The van der Waals surface area contributed by atoms with E-state index in [1.54, 1.807) is 31.8 Å². The average molecular weight is 337 g/mol. The van der Waals surface area contributed by atoms with E-state index in [9.17, 15) is 8.42 Å². The van der Waals surface area contributed by atoms with E-state index in [0.29, 0.717) is 10.6 Å². The molecule has 1 atom stereocenters. The van der Waals surface area contributed by atoms with Crippen LogP contribution < -0.4 is 5.73 Å². The SMILES string of the molecule is CSCCC(C)N(C)S(=O)(=O)c1cc(C)c(Cl)c(N)c1. The van der Waals surface area contributed by atoms with Gasteiger partial charge >= 0.3 is 0 Å². The van der Waals surface area contributed by atoms with Crippen molar-refractivity contribution in [2.24, 2.45) is 0 Å². The van der Waals surface area contributed by atoms with Gasteiger partial charge in [0.2, 0.25) is 10.0 Å². The Morgan fingerprint density at radius 2 is 2.05 bits per heavy atom. The minimum atomic E-state index is -3.54. The second-order valence-electron chi connectivity index (χ2n) is 4.80. The van der Waals surface area contributed by atoms with Crippen LogP contribution in [0.5, 0.6) is 0 Å². The first-order valence-electron chi connectivity index (χ1n) is 6.24. The molecule has 0 amide bonds. The number of hydrogen-bond donors (Lipinski definition) is 1. The zero-order chi connectivity index (χ0) is 15.5. The van der Waals surface area contributed by atoms with Crippen LogP contribution in [0.1, 0.15) is 18.9 Å². The summed E-state index contributed by atoms with van der Waals surface area (Å²) in [4.78, 5) is 0.190. The molecule has 1 aromatic carbocycles. The summed E-state index contributed by atoms with van der Waals surface area (Å²) in [6, 6.07) is 2.92. The van der Waals surface area contributed by atoms with E-state index < -0.39 is 10.0 Å². The summed E-state index contributed by atoms with van der Waals surface area (Å²) < 4.78 is 26.5. The van der Waals surface area contributed by atoms with Crippen LogP contribution in [0, 0.1) is 6.92 Å². The van der Waals surface area contributed by atoms with Crippen LogP contribution in [0.3, 0.4) is 0 Å². The third-order valence-corrected chi connectivity index (χ3v) is 6.40. The van der Waals surface area contributed by atoms with Crippen molar-refractivity contribution in [3.05, 3.63) is 22.7 Å². The van der Waals surface area contributed by atoms with Gasteiger partial charge in [0.25, 0.3) is 0 Å². The molecule has 0 aliphatic heterocycles. The number of sulfonamides is 1. The second-order valence-corrected chi connectivity index (χ2v) is 8.16. The molecule has 20 heavy (non-hydrogen) atoms. The molecule has 0 aliphatic carbocycles. The molecule has 0 saturated heterocycles. The molecule has 0 bridgehead atoms. The van der Waals surface area contributed by atoms with Crippen molar-refractivity contribution in [1.82, 2.24) is 4.31 Å². The van der Waals surface area contributed by atoms with Crippen molar-refractivity contribution in [3.63, 3.8) is 0 Å². The van der Waals surface area contributed by atoms with Crippen LogP contribution in [0.25, 0.3) is 0 Å². The molecule has 0 saturated carbocycles. The fraction of sp³-hybridized carbons (Fsp3) is 0.538. The third kappa shape index (κ3) is 3.81. The number of rotatable bonds is 6. The summed E-state index contributed by atoms with van der Waals surface area (Å²) in [5, 5.41) is 0.405. The van der Waals surface area contributed by atoms with Gasteiger partial charge in [-0.15, -0.1) is 0 Å². The van der Waals surface area contributed by atoms with E-state index >= 15 is 0 Å². The summed E-state index contributed by atoms with van der Waals surface area (Å²) in [6.07, 6.45) is 2.81. The van der Waals surface area contributed by atoms with E-state index in [4.69, 9.17) is 17.3 Å². The van der Waals surface area contributed by atoms with Crippen LogP contribution >= 0.6 is 23.4 Å². The highest BCUT2D eigenvalue weighted by atomic mass is 35.5. The van der Waals surface area contributed by atoms with Crippen LogP contribution in [0.4, 0.5) is 5.69 Å². The average Bonchev–Trinajstić information content (AvgIpc) is 2.40. The Hall–Kier alpha value is -0.430. The largest absolute Gasteiger partial charge is 0.397 e. The van der Waals surface area contributed by atoms with Gasteiger partial charge in [-0.2, -0.15) is 16.1 Å². The monoisotopic (exact) mass is 336 g/mol. The minimum Gasteiger partial charge on any atom is -0.397 e. The molecule has 0 heterocycles. The van der Waals surface area contributed by atoms with Gasteiger partial charge in [0.05, 0.1) is 15.6 Å². The molecule has 0 fully saturated rings. The minimum absolute atomic E-state index is 0.0651. The zero-order valence-corrected chi connectivity index (χ0v) is 14.6. The lowest BCUT2D eigenvalue weighted by Crippen LogP contribution is -2.35. The lowest BCUT2D eigenvalue weighted by Gasteiger charge is -2.24. The Bertz CT molecular complexity index is 553. The van der Waals surface area contributed by atoms with Crippen LogP contribution in [0.15, 0.2) is 17.0 Å². The van der Waals surface area contributed by atoms with Gasteiger partial charge in [-0.25, -0.2) is 8.42 Å². The first kappa shape index (κ1) is 17.6. The molecule has 1 unspecified atom stereocenters. The number of aryl methyl sites for hydroxylation is 1. The maximum atomic E-state index is 12.6. The predicted molar refractivity (Wildman–Crippen MR) is 88.0 cm³/mol. The highest BCUT2D eigenvalue weighted by Gasteiger charge is 2.26. The number of halogens is 1. The van der Waals surface area contributed by atoms with Gasteiger partial charge in [-0.1, -0.05) is 11.6 Å². The number of nitrogens with two attached hydrogens (primary N) is 1. The molecule has 4 nitrogen and oxygen atoms in total. The molecule has 1 rings (SSSR count). The number of hydrogen-bond acceptors (Lipinski definition) is 4. The maximum Gasteiger partial charge on any atom is 0.243 e. The third-order valence-electron chi connectivity index (χ3n) is 3.29. The Morgan fingerprint density at radius 3 is 2.55 bits per heavy atom. The smallest absolute Gasteiger partial charge is 0.243 e. The lowest BCUT2D eigenvalue weighted by molar-refractivity contribution is 0.382. The molecule has 1 aromatic rings. The summed E-state index contributed by atoms with van der Waals surface area (Å²) in [5.41, 5.74) is 6.71. The zero-order valence-electron chi connectivity index (χ0n) is 12.2. The first-order valence-corrected chi connectivity index (χ1v) is 9.45.